The Morgan fingerprint density at radius 3 is 1.78 bits per heavy atom. The maximum absolute atomic E-state index is 14.6. The summed E-state index contributed by atoms with van der Waals surface area (Å²) in [5, 5.41) is 0. The first-order chi connectivity index (χ1) is 15.3. The van der Waals surface area contributed by atoms with E-state index in [4.69, 9.17) is 19.0 Å². The van der Waals surface area contributed by atoms with Crippen LogP contribution in [0.3, 0.4) is 0 Å². The van der Waals surface area contributed by atoms with Crippen molar-refractivity contribution in [2.75, 3.05) is 19.8 Å². The zero-order chi connectivity index (χ0) is 23.6. The van der Waals surface area contributed by atoms with Crippen molar-refractivity contribution in [3.63, 3.8) is 0 Å². The normalized spacial score (nSPS) is 14.4. The maximum atomic E-state index is 14.6. The number of aliphatic imine (C=N–C) groups is 1. The van der Waals surface area contributed by atoms with Crippen LogP contribution in [0.25, 0.3) is 0 Å². The molecule has 5 nitrogen and oxygen atoms in total. The molecule has 0 N–H and O–H groups in total. The van der Waals surface area contributed by atoms with Crippen molar-refractivity contribution in [2.24, 2.45) is 4.99 Å². The number of ether oxygens (including phenoxy) is 2. The van der Waals surface area contributed by atoms with Crippen molar-refractivity contribution in [2.45, 2.75) is 52.4 Å². The lowest BCUT2D eigenvalue weighted by Gasteiger charge is -2.39. The van der Waals surface area contributed by atoms with Crippen LogP contribution >= 0.6 is 7.37 Å². The molecule has 0 aromatic heterocycles. The van der Waals surface area contributed by atoms with E-state index in [2.05, 4.69) is 6.58 Å². The van der Waals surface area contributed by atoms with E-state index in [1.807, 2.05) is 88.4 Å². The average molecular weight is 458 g/mol. The zero-order valence-electron chi connectivity index (χ0n) is 19.9. The molecule has 0 aliphatic rings. The molecule has 0 amide bonds. The minimum absolute atomic E-state index is 0.251. The zero-order valence-corrected chi connectivity index (χ0v) is 20.8. The summed E-state index contributed by atoms with van der Waals surface area (Å²) in [6.45, 7) is 14.1. The Morgan fingerprint density at radius 1 is 0.938 bits per heavy atom. The Labute approximate surface area is 193 Å². The predicted molar refractivity (Wildman–Crippen MR) is 133 cm³/mol. The highest BCUT2D eigenvalue weighted by atomic mass is 31.2. The molecule has 32 heavy (non-hydrogen) atoms. The summed E-state index contributed by atoms with van der Waals surface area (Å²) in [6.07, 6.45) is 0.385. The smallest absolute Gasteiger partial charge is 0.284 e. The molecule has 0 heterocycles. The van der Waals surface area contributed by atoms with Gasteiger partial charge in [-0.25, -0.2) is 0 Å². The minimum atomic E-state index is -3.63. The second-order valence-corrected chi connectivity index (χ2v) is 10.5. The van der Waals surface area contributed by atoms with E-state index in [0.717, 1.165) is 22.4 Å². The van der Waals surface area contributed by atoms with Gasteiger partial charge >= 0.3 is 0 Å². The third-order valence-corrected chi connectivity index (χ3v) is 8.12. The molecule has 0 saturated carbocycles. The average Bonchev–Trinajstić information content (AvgIpc) is 2.78. The fourth-order valence-electron chi connectivity index (χ4n) is 3.63. The topological polar surface area (TPSA) is 57.1 Å². The van der Waals surface area contributed by atoms with Crippen molar-refractivity contribution >= 4 is 13.1 Å². The highest BCUT2D eigenvalue weighted by Crippen LogP contribution is 2.65. The van der Waals surface area contributed by atoms with Crippen molar-refractivity contribution in [3.8, 4) is 0 Å². The molecule has 0 radical (unpaired) electrons. The van der Waals surface area contributed by atoms with Crippen molar-refractivity contribution < 1.29 is 18.6 Å². The number of rotatable bonds is 13. The Morgan fingerprint density at radius 2 is 1.41 bits per heavy atom. The number of benzene rings is 2. The molecule has 2 aromatic rings. The summed E-state index contributed by atoms with van der Waals surface area (Å²) in [7, 11) is -3.63. The van der Waals surface area contributed by atoms with Gasteiger partial charge in [0.05, 0.1) is 12.3 Å². The predicted octanol–water partition coefficient (Wildman–Crippen LogP) is 6.88. The van der Waals surface area contributed by atoms with E-state index in [1.54, 1.807) is 6.92 Å². The lowest BCUT2D eigenvalue weighted by molar-refractivity contribution is -0.168. The minimum Gasteiger partial charge on any atom is -0.342 e. The molecule has 0 spiro atoms. The van der Waals surface area contributed by atoms with Gasteiger partial charge in [0.25, 0.3) is 7.37 Å². The van der Waals surface area contributed by atoms with E-state index >= 15 is 0 Å². The first-order valence-corrected chi connectivity index (χ1v) is 12.9. The van der Waals surface area contributed by atoms with E-state index in [1.165, 1.54) is 0 Å². The van der Waals surface area contributed by atoms with Crippen molar-refractivity contribution in [1.29, 1.82) is 0 Å². The van der Waals surface area contributed by atoms with Gasteiger partial charge in [-0.2, -0.15) is 0 Å². The van der Waals surface area contributed by atoms with Crippen LogP contribution in [0.1, 0.15) is 52.2 Å². The molecular formula is C26H36NO4P. The fraction of sp³-hybridized carbons (Fsp3) is 0.423. The van der Waals surface area contributed by atoms with Crippen LogP contribution in [0, 0.1) is 0 Å². The van der Waals surface area contributed by atoms with E-state index in [-0.39, 0.29) is 6.61 Å². The standard InChI is InChI=1S/C26H36NO4P/c1-7-29-26(6,30-8-2)32(28,31-9-3)24(20-21(4)5)27-25(22-16-12-10-13-17-22)23-18-14-11-15-19-23/h10-19,24H,4,7-9,20H2,1-3,5-6H3/t24-,32-/m0/s1. The summed E-state index contributed by atoms with van der Waals surface area (Å²) in [4.78, 5) is 5.09. The van der Waals surface area contributed by atoms with Gasteiger partial charge in [-0.05, 0) is 41.0 Å². The number of hydrogen-bond acceptors (Lipinski definition) is 5. The van der Waals surface area contributed by atoms with Crippen LogP contribution in [0.4, 0.5) is 0 Å². The first kappa shape index (κ1) is 26.2. The van der Waals surface area contributed by atoms with Crippen LogP contribution in [0.15, 0.2) is 77.8 Å². The second-order valence-electron chi connectivity index (χ2n) is 7.63. The van der Waals surface area contributed by atoms with Gasteiger partial charge in [-0.15, -0.1) is 6.58 Å². The molecule has 0 saturated heterocycles. The number of hydrogen-bond donors (Lipinski definition) is 0. The van der Waals surface area contributed by atoms with Gasteiger partial charge < -0.3 is 14.0 Å². The van der Waals surface area contributed by atoms with Gasteiger partial charge in [0.15, 0.2) is 0 Å². The van der Waals surface area contributed by atoms with Gasteiger partial charge in [-0.3, -0.25) is 9.56 Å². The molecule has 0 bridgehead atoms. The van der Waals surface area contributed by atoms with Gasteiger partial charge in [0.2, 0.25) is 5.53 Å². The van der Waals surface area contributed by atoms with Gasteiger partial charge in [0.1, 0.15) is 5.78 Å². The number of nitrogens with zero attached hydrogens (tertiary/aromatic N) is 1. The van der Waals surface area contributed by atoms with Crippen LogP contribution < -0.4 is 0 Å². The van der Waals surface area contributed by atoms with E-state index in [9.17, 15) is 4.57 Å². The van der Waals surface area contributed by atoms with Crippen molar-refractivity contribution in [1.82, 2.24) is 0 Å². The quantitative estimate of drug-likeness (QED) is 0.142. The molecule has 0 aliphatic carbocycles. The Bertz CT molecular complexity index is 880. The molecular weight excluding hydrogens is 421 g/mol. The largest absolute Gasteiger partial charge is 0.342 e. The molecule has 0 unspecified atom stereocenters. The monoisotopic (exact) mass is 457 g/mol. The molecule has 0 aliphatic heterocycles. The summed E-state index contributed by atoms with van der Waals surface area (Å²) in [6, 6.07) is 19.8. The summed E-state index contributed by atoms with van der Waals surface area (Å²) >= 11 is 0. The summed E-state index contributed by atoms with van der Waals surface area (Å²) in [5.41, 5.74) is 2.04. The lowest BCUT2D eigenvalue weighted by Crippen LogP contribution is -2.37. The molecule has 2 atom stereocenters. The molecule has 6 heteroatoms. The summed E-state index contributed by atoms with van der Waals surface area (Å²) in [5.74, 6) is -0.724. The fourth-order valence-corrected chi connectivity index (χ4v) is 6.40. The summed E-state index contributed by atoms with van der Waals surface area (Å²) < 4.78 is 32.5. The van der Waals surface area contributed by atoms with Crippen LogP contribution in [0.2, 0.25) is 0 Å². The lowest BCUT2D eigenvalue weighted by atomic mass is 10.0. The molecule has 2 rings (SSSR count). The van der Waals surface area contributed by atoms with Crippen LogP contribution in [-0.4, -0.2) is 36.8 Å². The van der Waals surface area contributed by atoms with Crippen LogP contribution in [-0.2, 0) is 18.6 Å². The van der Waals surface area contributed by atoms with Gasteiger partial charge in [0, 0.05) is 24.3 Å². The maximum Gasteiger partial charge on any atom is 0.284 e. The molecule has 0 fully saturated rings. The Kier molecular flexibility index (Phi) is 10.0. The second kappa shape index (κ2) is 12.3. The Hall–Kier alpha value is -2.04. The SMILES string of the molecule is C=C(C)C[C@@H](N=C(c1ccccc1)c1ccccc1)[P@](=O)(OCC)C(C)(OCC)OCC. The highest BCUT2D eigenvalue weighted by Gasteiger charge is 2.53. The Balaban J connectivity index is 2.75. The van der Waals surface area contributed by atoms with Gasteiger partial charge in [-0.1, -0.05) is 66.2 Å². The van der Waals surface area contributed by atoms with E-state index < -0.39 is 18.7 Å². The highest BCUT2D eigenvalue weighted by molar-refractivity contribution is 7.61. The van der Waals surface area contributed by atoms with E-state index in [0.29, 0.717) is 19.6 Å². The first-order valence-electron chi connectivity index (χ1n) is 11.2. The molecule has 174 valence electrons. The third-order valence-electron chi connectivity index (χ3n) is 5.01. The molecule has 2 aromatic carbocycles. The van der Waals surface area contributed by atoms with Crippen LogP contribution in [0.5, 0.6) is 0 Å². The third kappa shape index (κ3) is 6.26. The van der Waals surface area contributed by atoms with Crippen molar-refractivity contribution in [3.05, 3.63) is 83.9 Å².